The number of nitrogens with zero attached hydrogens (tertiary/aromatic N) is 1. The summed E-state index contributed by atoms with van der Waals surface area (Å²) in [5.74, 6) is -0.324. The van der Waals surface area contributed by atoms with Crippen molar-refractivity contribution in [3.63, 3.8) is 0 Å². The summed E-state index contributed by atoms with van der Waals surface area (Å²) in [6.07, 6.45) is 1.15. The van der Waals surface area contributed by atoms with Crippen molar-refractivity contribution in [3.8, 4) is 0 Å². The fourth-order valence-corrected chi connectivity index (χ4v) is 2.14. The van der Waals surface area contributed by atoms with E-state index in [1.165, 1.54) is 11.8 Å². The first-order valence-electron chi connectivity index (χ1n) is 5.70. The summed E-state index contributed by atoms with van der Waals surface area (Å²) in [5.41, 5.74) is 2.77. The molecule has 0 saturated carbocycles. The third kappa shape index (κ3) is 2.13. The van der Waals surface area contributed by atoms with Crippen LogP contribution >= 0.6 is 0 Å². The summed E-state index contributed by atoms with van der Waals surface area (Å²) in [7, 11) is 0. The third-order valence-corrected chi connectivity index (χ3v) is 2.95. The summed E-state index contributed by atoms with van der Waals surface area (Å²) >= 11 is 0. The molecule has 1 aromatic carbocycles. The Morgan fingerprint density at radius 2 is 1.82 bits per heavy atom. The van der Waals surface area contributed by atoms with Gasteiger partial charge in [0.15, 0.2) is 0 Å². The zero-order valence-electron chi connectivity index (χ0n) is 10.1. The lowest BCUT2D eigenvalue weighted by Crippen LogP contribution is -2.36. The molecule has 1 heterocycles. The monoisotopic (exact) mass is 229 g/mol. The topological polar surface area (TPSA) is 37.4 Å². The van der Waals surface area contributed by atoms with Crippen molar-refractivity contribution in [2.45, 2.75) is 26.7 Å². The number of carbonyl (C=O) groups is 2. The lowest BCUT2D eigenvalue weighted by atomic mass is 9.98. The molecule has 0 unspecified atom stereocenters. The molecule has 0 saturated heterocycles. The van der Waals surface area contributed by atoms with Gasteiger partial charge in [-0.15, -0.1) is 0 Å². The highest BCUT2D eigenvalue weighted by molar-refractivity contribution is 6.05. The summed E-state index contributed by atoms with van der Waals surface area (Å²) in [5, 5.41) is 0. The number of allylic oxidation sites excluding steroid dienone is 1. The first kappa shape index (κ1) is 11.6. The molecule has 1 aliphatic rings. The highest BCUT2D eigenvalue weighted by atomic mass is 16.2. The quantitative estimate of drug-likeness (QED) is 0.742. The average molecular weight is 229 g/mol. The van der Waals surface area contributed by atoms with E-state index in [9.17, 15) is 9.59 Å². The normalized spacial score (nSPS) is 16.4. The fourth-order valence-electron chi connectivity index (χ4n) is 2.14. The van der Waals surface area contributed by atoms with Gasteiger partial charge in [-0.3, -0.25) is 14.5 Å². The van der Waals surface area contributed by atoms with Crippen LogP contribution in [0, 0.1) is 0 Å². The van der Waals surface area contributed by atoms with E-state index in [0.29, 0.717) is 6.42 Å². The van der Waals surface area contributed by atoms with Gasteiger partial charge < -0.3 is 0 Å². The molecule has 1 aliphatic heterocycles. The van der Waals surface area contributed by atoms with Crippen LogP contribution in [0.15, 0.2) is 35.9 Å². The van der Waals surface area contributed by atoms with Gasteiger partial charge in [-0.05, 0) is 24.5 Å². The van der Waals surface area contributed by atoms with E-state index in [1.54, 1.807) is 0 Å². The summed E-state index contributed by atoms with van der Waals surface area (Å²) in [4.78, 5) is 24.7. The number of hydrogen-bond donors (Lipinski definition) is 0. The Balaban J connectivity index is 2.54. The van der Waals surface area contributed by atoms with Crippen LogP contribution in [0.25, 0.3) is 5.70 Å². The smallest absolute Gasteiger partial charge is 0.234 e. The zero-order chi connectivity index (χ0) is 12.4. The van der Waals surface area contributed by atoms with Crippen molar-refractivity contribution in [1.29, 1.82) is 0 Å². The summed E-state index contributed by atoms with van der Waals surface area (Å²) in [6.45, 7) is 3.41. The Hall–Kier alpha value is -1.90. The summed E-state index contributed by atoms with van der Waals surface area (Å²) in [6, 6.07) is 9.59. The second kappa shape index (κ2) is 4.53. The van der Waals surface area contributed by atoms with Crippen molar-refractivity contribution in [1.82, 2.24) is 4.90 Å². The highest BCUT2D eigenvalue weighted by Gasteiger charge is 2.28. The van der Waals surface area contributed by atoms with Gasteiger partial charge in [0.25, 0.3) is 0 Å². The number of hydrogen-bond acceptors (Lipinski definition) is 2. The van der Waals surface area contributed by atoms with Crippen LogP contribution in [-0.4, -0.2) is 16.7 Å². The maximum absolute atomic E-state index is 11.8. The Labute approximate surface area is 101 Å². The Morgan fingerprint density at radius 3 is 2.41 bits per heavy atom. The van der Waals surface area contributed by atoms with Crippen molar-refractivity contribution in [2.75, 3.05) is 0 Å². The van der Waals surface area contributed by atoms with E-state index < -0.39 is 0 Å². The molecule has 3 heteroatoms. The molecule has 0 spiro atoms. The van der Waals surface area contributed by atoms with Crippen LogP contribution in [-0.2, 0) is 9.59 Å². The maximum Gasteiger partial charge on any atom is 0.234 e. The van der Waals surface area contributed by atoms with E-state index in [2.05, 4.69) is 0 Å². The molecule has 1 aromatic rings. The highest BCUT2D eigenvalue weighted by Crippen LogP contribution is 2.30. The second-order valence-corrected chi connectivity index (χ2v) is 4.24. The number of rotatable bonds is 1. The van der Waals surface area contributed by atoms with Gasteiger partial charge in [0.1, 0.15) is 0 Å². The van der Waals surface area contributed by atoms with E-state index >= 15 is 0 Å². The third-order valence-electron chi connectivity index (χ3n) is 2.95. The molecule has 0 bridgehead atoms. The molecular formula is C14H15NO2. The molecular weight excluding hydrogens is 214 g/mol. The molecule has 0 aliphatic carbocycles. The lowest BCUT2D eigenvalue weighted by Gasteiger charge is -2.29. The van der Waals surface area contributed by atoms with Crippen LogP contribution in [0.1, 0.15) is 32.3 Å². The molecule has 0 atom stereocenters. The molecule has 0 radical (unpaired) electrons. The minimum atomic E-state index is -0.215. The number of amides is 2. The zero-order valence-corrected chi connectivity index (χ0v) is 10.1. The van der Waals surface area contributed by atoms with Crippen LogP contribution in [0.5, 0.6) is 0 Å². The van der Waals surface area contributed by atoms with E-state index in [4.69, 9.17) is 0 Å². The predicted octanol–water partition coefficient (Wildman–Crippen LogP) is 2.59. The van der Waals surface area contributed by atoms with E-state index in [0.717, 1.165) is 23.3 Å². The SMILES string of the molecule is CC(=O)N1C(=O)CCC(C)=C1c1ccccc1. The summed E-state index contributed by atoms with van der Waals surface area (Å²) < 4.78 is 0. The minimum absolute atomic E-state index is 0.109. The van der Waals surface area contributed by atoms with Crippen molar-refractivity contribution >= 4 is 17.5 Å². The van der Waals surface area contributed by atoms with Crippen LogP contribution < -0.4 is 0 Å². The van der Waals surface area contributed by atoms with Gasteiger partial charge in [-0.1, -0.05) is 30.3 Å². The second-order valence-electron chi connectivity index (χ2n) is 4.24. The molecule has 0 aromatic heterocycles. The van der Waals surface area contributed by atoms with Crippen molar-refractivity contribution in [2.24, 2.45) is 0 Å². The molecule has 17 heavy (non-hydrogen) atoms. The number of benzene rings is 1. The maximum atomic E-state index is 11.8. The number of imide groups is 1. The van der Waals surface area contributed by atoms with Gasteiger partial charge in [-0.25, -0.2) is 0 Å². The van der Waals surface area contributed by atoms with Gasteiger partial charge >= 0.3 is 0 Å². The van der Waals surface area contributed by atoms with Crippen molar-refractivity contribution in [3.05, 3.63) is 41.5 Å². The lowest BCUT2D eigenvalue weighted by molar-refractivity contribution is -0.139. The first-order chi connectivity index (χ1) is 8.11. The molecule has 0 N–H and O–H groups in total. The Morgan fingerprint density at radius 1 is 1.18 bits per heavy atom. The van der Waals surface area contributed by atoms with Crippen LogP contribution in [0.2, 0.25) is 0 Å². The molecule has 0 fully saturated rings. The minimum Gasteiger partial charge on any atom is -0.274 e. The molecule has 88 valence electrons. The van der Waals surface area contributed by atoms with E-state index in [1.807, 2.05) is 37.3 Å². The van der Waals surface area contributed by atoms with Gasteiger partial charge in [0, 0.05) is 13.3 Å². The molecule has 2 amide bonds. The van der Waals surface area contributed by atoms with Crippen molar-refractivity contribution < 1.29 is 9.59 Å². The standard InChI is InChI=1S/C14H15NO2/c1-10-8-9-13(17)15(11(2)16)14(10)12-6-4-3-5-7-12/h3-7H,8-9H2,1-2H3. The predicted molar refractivity (Wildman–Crippen MR) is 65.8 cm³/mol. The first-order valence-corrected chi connectivity index (χ1v) is 5.70. The average Bonchev–Trinajstić information content (AvgIpc) is 2.32. The van der Waals surface area contributed by atoms with E-state index in [-0.39, 0.29) is 11.8 Å². The van der Waals surface area contributed by atoms with Crippen LogP contribution in [0.4, 0.5) is 0 Å². The number of carbonyl (C=O) groups excluding carboxylic acids is 2. The fraction of sp³-hybridized carbons (Fsp3) is 0.286. The van der Waals surface area contributed by atoms with Gasteiger partial charge in [0.2, 0.25) is 11.8 Å². The molecule has 3 nitrogen and oxygen atoms in total. The van der Waals surface area contributed by atoms with Gasteiger partial charge in [0.05, 0.1) is 5.70 Å². The van der Waals surface area contributed by atoms with Crippen LogP contribution in [0.3, 0.4) is 0 Å². The molecule has 2 rings (SSSR count). The largest absolute Gasteiger partial charge is 0.274 e. The Bertz CT molecular complexity index is 488. The van der Waals surface area contributed by atoms with Gasteiger partial charge in [-0.2, -0.15) is 0 Å². The Kier molecular flexibility index (Phi) is 3.09.